The van der Waals surface area contributed by atoms with E-state index in [0.29, 0.717) is 0 Å². The molecule has 0 amide bonds. The van der Waals surface area contributed by atoms with Gasteiger partial charge in [0.1, 0.15) is 0 Å². The van der Waals surface area contributed by atoms with Crippen molar-refractivity contribution in [3.63, 3.8) is 0 Å². The van der Waals surface area contributed by atoms with Crippen LogP contribution in [0.4, 0.5) is 0 Å². The number of hydrogen-bond donors (Lipinski definition) is 0. The van der Waals surface area contributed by atoms with Gasteiger partial charge in [0.25, 0.3) is 0 Å². The maximum absolute atomic E-state index is 9.07. The van der Waals surface area contributed by atoms with Crippen LogP contribution in [0.25, 0.3) is 0 Å². The summed E-state index contributed by atoms with van der Waals surface area (Å²) >= 11 is 0. The lowest BCUT2D eigenvalue weighted by atomic mass is 9.90. The minimum Gasteiger partial charge on any atom is -0.347 e. The molecule has 0 bridgehead atoms. The Morgan fingerprint density at radius 2 is 2.15 bits per heavy atom. The van der Waals surface area contributed by atoms with E-state index in [4.69, 9.17) is 14.7 Å². The summed E-state index contributed by atoms with van der Waals surface area (Å²) in [6, 6.07) is 2.28. The van der Waals surface area contributed by atoms with Gasteiger partial charge in [0.15, 0.2) is 5.79 Å². The molecule has 1 spiro atoms. The average Bonchev–Trinajstić information content (AvgIpc) is 2.75. The number of hydrogen-bond acceptors (Lipinski definition) is 3. The maximum atomic E-state index is 9.07. The fourth-order valence-corrected chi connectivity index (χ4v) is 3.48. The highest BCUT2D eigenvalue weighted by atomic mass is 16.7. The van der Waals surface area contributed by atoms with E-state index in [9.17, 15) is 0 Å². The molecule has 1 aliphatic heterocycles. The number of nitrogens with zero attached hydrogens (tertiary/aromatic N) is 1. The van der Waals surface area contributed by atoms with Gasteiger partial charge in [0.05, 0.1) is 17.8 Å². The van der Waals surface area contributed by atoms with Gasteiger partial charge < -0.3 is 9.47 Å². The van der Waals surface area contributed by atoms with Crippen LogP contribution in [0.2, 0.25) is 0 Å². The van der Waals surface area contributed by atoms with Crippen LogP contribution in [0.1, 0.15) is 72.1 Å². The molecule has 0 aromatic carbocycles. The van der Waals surface area contributed by atoms with Gasteiger partial charge in [-0.15, -0.1) is 0 Å². The molecular weight excluding hydrogens is 250 g/mol. The van der Waals surface area contributed by atoms with E-state index in [-0.39, 0.29) is 11.7 Å². The number of unbranched alkanes of at least 4 members (excludes halogenated alkanes) is 3. The summed E-state index contributed by atoms with van der Waals surface area (Å²) in [4.78, 5) is 0. The predicted molar refractivity (Wildman–Crippen MR) is 79.1 cm³/mol. The zero-order valence-corrected chi connectivity index (χ0v) is 13.1. The third-order valence-corrected chi connectivity index (χ3v) is 4.25. The lowest BCUT2D eigenvalue weighted by Gasteiger charge is -2.46. The van der Waals surface area contributed by atoms with Crippen molar-refractivity contribution in [1.29, 1.82) is 5.26 Å². The molecule has 0 aromatic rings. The molecule has 0 radical (unpaired) electrons. The largest absolute Gasteiger partial charge is 0.347 e. The molecule has 0 N–H and O–H groups in total. The molecule has 2 rings (SSSR count). The van der Waals surface area contributed by atoms with Gasteiger partial charge in [0, 0.05) is 12.0 Å². The summed E-state index contributed by atoms with van der Waals surface area (Å²) < 4.78 is 12.2. The Labute approximate surface area is 122 Å². The summed E-state index contributed by atoms with van der Waals surface area (Å²) in [5.74, 6) is -0.547. The second-order valence-electron chi connectivity index (χ2n) is 6.64. The third kappa shape index (κ3) is 3.84. The normalized spacial score (nSPS) is 32.1. The first-order chi connectivity index (χ1) is 9.49. The minimum atomic E-state index is -0.547. The highest BCUT2D eigenvalue weighted by Crippen LogP contribution is 2.44. The van der Waals surface area contributed by atoms with Crippen molar-refractivity contribution in [3.05, 3.63) is 11.6 Å². The van der Waals surface area contributed by atoms with Crippen molar-refractivity contribution in [2.24, 2.45) is 0 Å². The molecule has 3 nitrogen and oxygen atoms in total. The van der Waals surface area contributed by atoms with Crippen LogP contribution in [-0.2, 0) is 9.47 Å². The summed E-state index contributed by atoms with van der Waals surface area (Å²) in [6.45, 7) is 6.21. The molecule has 1 saturated heterocycles. The van der Waals surface area contributed by atoms with E-state index >= 15 is 0 Å². The molecule has 1 aliphatic carbocycles. The van der Waals surface area contributed by atoms with E-state index in [1.807, 2.05) is 13.8 Å². The zero-order valence-electron chi connectivity index (χ0n) is 13.1. The number of rotatable bonds is 5. The first-order valence-electron chi connectivity index (χ1n) is 7.98. The smallest absolute Gasteiger partial charge is 0.164 e. The third-order valence-electron chi connectivity index (χ3n) is 4.25. The first-order valence-corrected chi connectivity index (χ1v) is 7.98. The topological polar surface area (TPSA) is 42.2 Å². The summed E-state index contributed by atoms with van der Waals surface area (Å²) in [6.07, 6.45) is 11.1. The quantitative estimate of drug-likeness (QED) is 0.696. The van der Waals surface area contributed by atoms with E-state index < -0.39 is 5.79 Å². The van der Waals surface area contributed by atoms with Crippen LogP contribution < -0.4 is 0 Å². The van der Waals surface area contributed by atoms with Crippen LogP contribution >= 0.6 is 0 Å². The summed E-state index contributed by atoms with van der Waals surface area (Å²) in [7, 11) is 0. The summed E-state index contributed by atoms with van der Waals surface area (Å²) in [5.41, 5.74) is 0.606. The second kappa shape index (κ2) is 6.28. The van der Waals surface area contributed by atoms with Crippen molar-refractivity contribution in [3.8, 4) is 6.07 Å². The molecule has 1 heterocycles. The van der Waals surface area contributed by atoms with E-state index in [2.05, 4.69) is 19.1 Å². The average molecular weight is 277 g/mol. The van der Waals surface area contributed by atoms with Gasteiger partial charge in [0.2, 0.25) is 0 Å². The number of nitriles is 1. The van der Waals surface area contributed by atoms with E-state index in [1.165, 1.54) is 25.7 Å². The van der Waals surface area contributed by atoms with Crippen LogP contribution in [0, 0.1) is 11.3 Å². The Balaban J connectivity index is 1.98. The molecule has 1 fully saturated rings. The van der Waals surface area contributed by atoms with Gasteiger partial charge in [-0.2, -0.15) is 5.26 Å². The molecular formula is C17H27NO2. The molecule has 0 saturated carbocycles. The van der Waals surface area contributed by atoms with E-state index in [1.54, 1.807) is 0 Å². The summed E-state index contributed by atoms with van der Waals surface area (Å²) in [5, 5.41) is 9.07. The van der Waals surface area contributed by atoms with Gasteiger partial charge in [-0.25, -0.2) is 0 Å². The fraction of sp³-hybridized carbons (Fsp3) is 0.824. The van der Waals surface area contributed by atoms with E-state index in [0.717, 1.165) is 31.3 Å². The Morgan fingerprint density at radius 1 is 1.35 bits per heavy atom. The van der Waals surface area contributed by atoms with Crippen molar-refractivity contribution in [1.82, 2.24) is 0 Å². The Kier molecular flexibility index (Phi) is 4.88. The number of ether oxygens (including phenoxy) is 2. The highest BCUT2D eigenvalue weighted by Gasteiger charge is 2.46. The second-order valence-corrected chi connectivity index (χ2v) is 6.64. The fourth-order valence-electron chi connectivity index (χ4n) is 3.48. The van der Waals surface area contributed by atoms with Gasteiger partial charge >= 0.3 is 0 Å². The lowest BCUT2D eigenvalue weighted by Crippen LogP contribution is -2.50. The highest BCUT2D eigenvalue weighted by molar-refractivity contribution is 5.31. The number of allylic oxidation sites excluding steroid dienone is 1. The van der Waals surface area contributed by atoms with Crippen LogP contribution in [0.15, 0.2) is 11.6 Å². The van der Waals surface area contributed by atoms with Crippen molar-refractivity contribution in [2.75, 3.05) is 0 Å². The predicted octanol–water partition coefficient (Wildman–Crippen LogP) is 4.48. The van der Waals surface area contributed by atoms with Gasteiger partial charge in [-0.3, -0.25) is 0 Å². The molecule has 112 valence electrons. The molecule has 0 unspecified atom stereocenters. The van der Waals surface area contributed by atoms with Crippen molar-refractivity contribution < 1.29 is 9.47 Å². The molecule has 2 aliphatic rings. The Morgan fingerprint density at radius 3 is 2.80 bits per heavy atom. The maximum Gasteiger partial charge on any atom is 0.164 e. The first kappa shape index (κ1) is 15.5. The Hall–Kier alpha value is -0.850. The molecule has 20 heavy (non-hydrogen) atoms. The molecule has 2 atom stereocenters. The minimum absolute atomic E-state index is 0.255. The zero-order chi connectivity index (χ0) is 14.6. The van der Waals surface area contributed by atoms with Crippen LogP contribution in [0.5, 0.6) is 0 Å². The Bertz CT molecular complexity index is 408. The van der Waals surface area contributed by atoms with Crippen LogP contribution in [0.3, 0.4) is 0 Å². The SMILES string of the molecule is CCCCCC[C@H]1C[C@]2(C=C(C#N)CC2)OC(C)(C)O1. The van der Waals surface area contributed by atoms with Gasteiger partial charge in [-0.05, 0) is 39.2 Å². The lowest BCUT2D eigenvalue weighted by molar-refractivity contribution is -0.322. The monoisotopic (exact) mass is 277 g/mol. The molecule has 0 aromatic heterocycles. The van der Waals surface area contributed by atoms with Crippen LogP contribution in [-0.4, -0.2) is 17.5 Å². The standard InChI is InChI=1S/C17H27NO2/c1-4-5-6-7-8-15-12-17(20-16(2,3)19-15)10-9-14(11-17)13-18/h11,15H,4-10,12H2,1-3H3/t15-,17-/m0/s1. The van der Waals surface area contributed by atoms with Crippen molar-refractivity contribution in [2.45, 2.75) is 89.6 Å². The molecule has 3 heteroatoms. The van der Waals surface area contributed by atoms with Crippen molar-refractivity contribution >= 4 is 0 Å². The van der Waals surface area contributed by atoms with Gasteiger partial charge in [-0.1, -0.05) is 32.6 Å².